The Bertz CT molecular complexity index is 1190. The number of rotatable bonds is 3. The summed E-state index contributed by atoms with van der Waals surface area (Å²) in [5.74, 6) is -0.162. The van der Waals surface area contributed by atoms with Gasteiger partial charge in [-0.05, 0) is 62.8 Å². The molecule has 3 aromatic rings. The van der Waals surface area contributed by atoms with Crippen molar-refractivity contribution >= 4 is 39.1 Å². The van der Waals surface area contributed by atoms with Crippen molar-refractivity contribution in [3.63, 3.8) is 0 Å². The van der Waals surface area contributed by atoms with Gasteiger partial charge in [-0.25, -0.2) is 0 Å². The predicted octanol–water partition coefficient (Wildman–Crippen LogP) is 5.58. The van der Waals surface area contributed by atoms with Gasteiger partial charge in [0, 0.05) is 11.7 Å². The van der Waals surface area contributed by atoms with E-state index < -0.39 is 5.54 Å². The smallest absolute Gasteiger partial charge is 0.275 e. The largest absolute Gasteiger partial charge is 0.351 e. The Morgan fingerprint density at radius 2 is 1.84 bits per heavy atom. The highest BCUT2D eigenvalue weighted by atomic mass is 32.1. The molecule has 6 heteroatoms. The third kappa shape index (κ3) is 3.45. The molecule has 1 saturated carbocycles. The van der Waals surface area contributed by atoms with Crippen molar-refractivity contribution < 1.29 is 9.59 Å². The van der Waals surface area contributed by atoms with Gasteiger partial charge in [0.05, 0.1) is 16.8 Å². The summed E-state index contributed by atoms with van der Waals surface area (Å²) >= 11 is 1.63. The summed E-state index contributed by atoms with van der Waals surface area (Å²) in [5.41, 5.74) is 3.65. The van der Waals surface area contributed by atoms with Crippen molar-refractivity contribution in [1.82, 2.24) is 9.88 Å². The SMILES string of the molecule is Cc1ccc(N2C(=O)c3cc4sccc4n3CC2(C)C(=O)NC2CCCCCC2)c(C)c1. The highest BCUT2D eigenvalue weighted by molar-refractivity contribution is 7.17. The van der Waals surface area contributed by atoms with Crippen LogP contribution in [0.2, 0.25) is 0 Å². The van der Waals surface area contributed by atoms with Gasteiger partial charge in [0.25, 0.3) is 5.91 Å². The number of anilines is 1. The number of amides is 2. The van der Waals surface area contributed by atoms with Crippen LogP contribution in [0.25, 0.3) is 10.2 Å². The van der Waals surface area contributed by atoms with Gasteiger partial charge in [-0.3, -0.25) is 14.5 Å². The van der Waals surface area contributed by atoms with E-state index in [9.17, 15) is 9.59 Å². The van der Waals surface area contributed by atoms with Crippen LogP contribution in [-0.4, -0.2) is 28.0 Å². The summed E-state index contributed by atoms with van der Waals surface area (Å²) in [6.45, 7) is 6.44. The van der Waals surface area contributed by atoms with Crippen LogP contribution < -0.4 is 10.2 Å². The zero-order valence-corrected chi connectivity index (χ0v) is 19.9. The lowest BCUT2D eigenvalue weighted by atomic mass is 9.92. The lowest BCUT2D eigenvalue weighted by molar-refractivity contribution is -0.127. The Morgan fingerprint density at radius 1 is 1.09 bits per heavy atom. The summed E-state index contributed by atoms with van der Waals surface area (Å²) < 4.78 is 3.13. The van der Waals surface area contributed by atoms with Gasteiger partial charge in [0.2, 0.25) is 5.91 Å². The van der Waals surface area contributed by atoms with E-state index >= 15 is 0 Å². The average Bonchev–Trinajstić information content (AvgIpc) is 3.24. The van der Waals surface area contributed by atoms with E-state index in [-0.39, 0.29) is 17.9 Å². The van der Waals surface area contributed by atoms with Crippen LogP contribution in [0.15, 0.2) is 35.7 Å². The molecule has 0 saturated heterocycles. The van der Waals surface area contributed by atoms with E-state index in [1.54, 1.807) is 16.2 Å². The van der Waals surface area contributed by atoms with Gasteiger partial charge in [0.15, 0.2) is 0 Å². The van der Waals surface area contributed by atoms with E-state index in [1.165, 1.54) is 12.8 Å². The van der Waals surface area contributed by atoms with E-state index in [4.69, 9.17) is 0 Å². The second-order valence-electron chi connectivity index (χ2n) is 9.65. The maximum Gasteiger partial charge on any atom is 0.275 e. The summed E-state index contributed by atoms with van der Waals surface area (Å²) in [7, 11) is 0. The van der Waals surface area contributed by atoms with Gasteiger partial charge < -0.3 is 9.88 Å². The van der Waals surface area contributed by atoms with Gasteiger partial charge in [0.1, 0.15) is 11.2 Å². The minimum Gasteiger partial charge on any atom is -0.351 e. The number of aromatic nitrogens is 1. The molecule has 1 unspecified atom stereocenters. The Kier molecular flexibility index (Phi) is 5.36. The minimum absolute atomic E-state index is 0.0551. The Balaban J connectivity index is 1.60. The van der Waals surface area contributed by atoms with Crippen LogP contribution in [0.1, 0.15) is 67.1 Å². The van der Waals surface area contributed by atoms with Crippen molar-refractivity contribution in [2.75, 3.05) is 4.90 Å². The number of nitrogens with one attached hydrogen (secondary N) is 1. The molecule has 1 atom stereocenters. The summed E-state index contributed by atoms with van der Waals surface area (Å²) in [5, 5.41) is 5.39. The van der Waals surface area contributed by atoms with Crippen LogP contribution in [0.5, 0.6) is 0 Å². The molecule has 5 nitrogen and oxygen atoms in total. The molecule has 0 radical (unpaired) electrons. The second-order valence-corrected chi connectivity index (χ2v) is 10.6. The maximum atomic E-state index is 13.9. The quantitative estimate of drug-likeness (QED) is 0.531. The Morgan fingerprint density at radius 3 is 2.56 bits per heavy atom. The Hall–Kier alpha value is -2.60. The molecule has 5 rings (SSSR count). The van der Waals surface area contributed by atoms with E-state index in [1.807, 2.05) is 55.0 Å². The first-order chi connectivity index (χ1) is 15.4. The lowest BCUT2D eigenvalue weighted by Gasteiger charge is -2.45. The van der Waals surface area contributed by atoms with Crippen LogP contribution in [0.4, 0.5) is 5.69 Å². The van der Waals surface area contributed by atoms with Gasteiger partial charge in [-0.15, -0.1) is 11.3 Å². The van der Waals surface area contributed by atoms with Crippen molar-refractivity contribution in [3.8, 4) is 0 Å². The molecule has 1 aliphatic carbocycles. The fourth-order valence-electron chi connectivity index (χ4n) is 5.41. The fourth-order valence-corrected chi connectivity index (χ4v) is 6.23. The molecule has 1 fully saturated rings. The summed E-state index contributed by atoms with van der Waals surface area (Å²) in [6.07, 6.45) is 6.81. The summed E-state index contributed by atoms with van der Waals surface area (Å²) in [4.78, 5) is 29.6. The molecule has 0 spiro atoms. The first-order valence-corrected chi connectivity index (χ1v) is 12.6. The normalized spacial score (nSPS) is 22.1. The van der Waals surface area contributed by atoms with Crippen molar-refractivity contribution in [2.24, 2.45) is 0 Å². The molecule has 168 valence electrons. The lowest BCUT2D eigenvalue weighted by Crippen LogP contribution is -2.65. The molecule has 3 heterocycles. The molecule has 1 aromatic carbocycles. The standard InChI is InChI=1S/C26H31N3O2S/c1-17-10-11-20(18(2)14-17)29-24(30)22-15-23-21(12-13-32-23)28(22)16-26(29,3)25(31)27-19-8-6-4-5-7-9-19/h10-15,19H,4-9,16H2,1-3H3,(H,27,31). The molecule has 2 aromatic heterocycles. The molecule has 1 aliphatic heterocycles. The van der Waals surface area contributed by atoms with Crippen LogP contribution in [0, 0.1) is 13.8 Å². The molecule has 0 bridgehead atoms. The highest BCUT2D eigenvalue weighted by Gasteiger charge is 2.49. The zero-order valence-electron chi connectivity index (χ0n) is 19.1. The summed E-state index contributed by atoms with van der Waals surface area (Å²) in [6, 6.07) is 10.3. The number of aryl methyl sites for hydroxylation is 2. The number of carbonyl (C=O) groups is 2. The fraction of sp³-hybridized carbons (Fsp3) is 0.462. The topological polar surface area (TPSA) is 54.3 Å². The predicted molar refractivity (Wildman–Crippen MR) is 131 cm³/mol. The highest BCUT2D eigenvalue weighted by Crippen LogP contribution is 2.38. The number of hydrogen-bond acceptors (Lipinski definition) is 3. The monoisotopic (exact) mass is 449 g/mol. The van der Waals surface area contributed by atoms with Gasteiger partial charge in [-0.2, -0.15) is 0 Å². The average molecular weight is 450 g/mol. The number of hydrogen-bond donors (Lipinski definition) is 1. The molecule has 2 aliphatic rings. The van der Waals surface area contributed by atoms with Crippen LogP contribution in [-0.2, 0) is 11.3 Å². The zero-order chi connectivity index (χ0) is 22.5. The maximum absolute atomic E-state index is 13.9. The first-order valence-electron chi connectivity index (χ1n) is 11.7. The van der Waals surface area contributed by atoms with Crippen molar-refractivity contribution in [3.05, 3.63) is 52.5 Å². The van der Waals surface area contributed by atoms with Gasteiger partial charge >= 0.3 is 0 Å². The molecule has 2 amide bonds. The number of nitrogens with zero attached hydrogens (tertiary/aromatic N) is 2. The van der Waals surface area contributed by atoms with Crippen molar-refractivity contribution in [1.29, 1.82) is 0 Å². The molecular formula is C26H31N3O2S. The van der Waals surface area contributed by atoms with E-state index in [0.717, 1.165) is 52.7 Å². The Labute approximate surface area is 193 Å². The second kappa shape index (κ2) is 8.07. The molecular weight excluding hydrogens is 418 g/mol. The number of thiophene rings is 1. The van der Waals surface area contributed by atoms with Crippen LogP contribution >= 0.6 is 11.3 Å². The van der Waals surface area contributed by atoms with Gasteiger partial charge in [-0.1, -0.05) is 43.4 Å². The number of carbonyl (C=O) groups excluding carboxylic acids is 2. The third-order valence-electron chi connectivity index (χ3n) is 7.18. The first kappa shape index (κ1) is 21.3. The molecule has 32 heavy (non-hydrogen) atoms. The minimum atomic E-state index is -1.01. The van der Waals surface area contributed by atoms with E-state index in [0.29, 0.717) is 12.2 Å². The van der Waals surface area contributed by atoms with Crippen molar-refractivity contribution in [2.45, 2.75) is 77.4 Å². The van der Waals surface area contributed by atoms with E-state index in [2.05, 4.69) is 11.4 Å². The third-order valence-corrected chi connectivity index (χ3v) is 8.03. The van der Waals surface area contributed by atoms with Crippen LogP contribution in [0.3, 0.4) is 0 Å². The molecule has 1 N–H and O–H groups in total. The number of fused-ring (bicyclic) bond motifs is 3. The number of benzene rings is 1.